The number of anilines is 2. The summed E-state index contributed by atoms with van der Waals surface area (Å²) >= 11 is 0. The maximum atomic E-state index is 13.1. The molecule has 2 aromatic carbocycles. The van der Waals surface area contributed by atoms with Crippen LogP contribution in [0.25, 0.3) is 0 Å². The van der Waals surface area contributed by atoms with Gasteiger partial charge < -0.3 is 15.4 Å². The first-order chi connectivity index (χ1) is 14.1. The molecule has 0 radical (unpaired) electrons. The number of piperidine rings is 1. The van der Waals surface area contributed by atoms with Crippen LogP contribution in [0.1, 0.15) is 18.4 Å². The molecule has 6 nitrogen and oxygen atoms in total. The van der Waals surface area contributed by atoms with Crippen LogP contribution in [-0.2, 0) is 16.0 Å². The van der Waals surface area contributed by atoms with E-state index in [2.05, 4.69) is 15.5 Å². The van der Waals surface area contributed by atoms with Gasteiger partial charge >= 0.3 is 0 Å². The predicted molar refractivity (Wildman–Crippen MR) is 108 cm³/mol. The van der Waals surface area contributed by atoms with Gasteiger partial charge in [0.15, 0.2) is 12.9 Å². The molecule has 4 rings (SSSR count). The summed E-state index contributed by atoms with van der Waals surface area (Å²) in [6.45, 7) is 1.63. The van der Waals surface area contributed by atoms with Crippen LogP contribution >= 0.6 is 0 Å². The van der Waals surface area contributed by atoms with E-state index in [9.17, 15) is 14.0 Å². The Morgan fingerprint density at radius 1 is 1.21 bits per heavy atom. The largest absolute Gasteiger partial charge is 0.482 e. The van der Waals surface area contributed by atoms with E-state index in [1.807, 2.05) is 18.2 Å². The number of hydrogen-bond donors (Lipinski definition) is 2. The molecule has 1 atom stereocenters. The Labute approximate surface area is 169 Å². The summed E-state index contributed by atoms with van der Waals surface area (Å²) in [5, 5.41) is 6.01. The fourth-order valence-corrected chi connectivity index (χ4v) is 3.94. The number of ether oxygens (including phenoxy) is 1. The first-order valence-corrected chi connectivity index (χ1v) is 9.88. The number of rotatable bonds is 6. The minimum atomic E-state index is -0.419. The first kappa shape index (κ1) is 19.4. The number of benzene rings is 2. The van der Waals surface area contributed by atoms with Gasteiger partial charge in [-0.05, 0) is 55.0 Å². The number of amides is 1. The third-order valence-electron chi connectivity index (χ3n) is 5.54. The molecule has 2 aliphatic rings. The van der Waals surface area contributed by atoms with Crippen LogP contribution < -0.4 is 15.4 Å². The molecule has 2 aromatic rings. The van der Waals surface area contributed by atoms with Crippen molar-refractivity contribution >= 4 is 23.6 Å². The average molecular weight is 397 g/mol. The van der Waals surface area contributed by atoms with Gasteiger partial charge in [0.05, 0.1) is 5.69 Å². The number of fused-ring (bicyclic) bond motifs is 1. The van der Waals surface area contributed by atoms with Crippen LogP contribution in [0.3, 0.4) is 0 Å². The lowest BCUT2D eigenvalue weighted by Crippen LogP contribution is -2.46. The number of nitrogens with one attached hydrogen (secondary N) is 2. The van der Waals surface area contributed by atoms with Gasteiger partial charge in [0.25, 0.3) is 5.91 Å². The van der Waals surface area contributed by atoms with Crippen molar-refractivity contribution in [3.05, 3.63) is 53.8 Å². The van der Waals surface area contributed by atoms with Crippen molar-refractivity contribution in [2.75, 3.05) is 30.3 Å². The van der Waals surface area contributed by atoms with Crippen LogP contribution in [0.15, 0.2) is 42.5 Å². The second-order valence-corrected chi connectivity index (χ2v) is 7.58. The molecular formula is C22H24FN3O3. The Hall–Kier alpha value is -2.93. The SMILES string of the molecule is O=CC(Nc1ccc2c(c1)OCC(=O)N2)N1CCC(Cc2ccc(F)cc2)CC1. The average Bonchev–Trinajstić information content (AvgIpc) is 2.74. The summed E-state index contributed by atoms with van der Waals surface area (Å²) in [6.07, 6.45) is 3.41. The van der Waals surface area contributed by atoms with Crippen LogP contribution in [0.4, 0.5) is 15.8 Å². The Morgan fingerprint density at radius 3 is 2.69 bits per heavy atom. The topological polar surface area (TPSA) is 70.7 Å². The fraction of sp³-hybridized carbons (Fsp3) is 0.364. The highest BCUT2D eigenvalue weighted by atomic mass is 19.1. The smallest absolute Gasteiger partial charge is 0.262 e. The molecule has 1 amide bonds. The number of likely N-dealkylation sites (tertiary alicyclic amines) is 1. The van der Waals surface area contributed by atoms with Crippen molar-refractivity contribution in [2.24, 2.45) is 5.92 Å². The van der Waals surface area contributed by atoms with Crippen molar-refractivity contribution in [3.63, 3.8) is 0 Å². The Morgan fingerprint density at radius 2 is 1.97 bits per heavy atom. The molecule has 29 heavy (non-hydrogen) atoms. The molecule has 0 spiro atoms. The van der Waals surface area contributed by atoms with E-state index >= 15 is 0 Å². The quantitative estimate of drug-likeness (QED) is 0.734. The number of aldehydes is 1. The molecule has 2 aliphatic heterocycles. The van der Waals surface area contributed by atoms with Gasteiger partial charge in [0.2, 0.25) is 0 Å². The van der Waals surface area contributed by atoms with Gasteiger partial charge in [-0.3, -0.25) is 14.5 Å². The lowest BCUT2D eigenvalue weighted by molar-refractivity contribution is -0.118. The molecule has 152 valence electrons. The highest BCUT2D eigenvalue weighted by Crippen LogP contribution is 2.31. The second-order valence-electron chi connectivity index (χ2n) is 7.58. The minimum Gasteiger partial charge on any atom is -0.482 e. The number of carbonyl (C=O) groups is 2. The molecule has 0 saturated carbocycles. The summed E-state index contributed by atoms with van der Waals surface area (Å²) in [6, 6.07) is 12.1. The highest BCUT2D eigenvalue weighted by molar-refractivity contribution is 5.95. The molecule has 0 aromatic heterocycles. The fourth-order valence-electron chi connectivity index (χ4n) is 3.94. The van der Waals surface area contributed by atoms with E-state index < -0.39 is 6.17 Å². The van der Waals surface area contributed by atoms with Crippen molar-refractivity contribution in [3.8, 4) is 5.75 Å². The van der Waals surface area contributed by atoms with E-state index in [1.165, 1.54) is 12.1 Å². The number of hydrogen-bond acceptors (Lipinski definition) is 5. The summed E-state index contributed by atoms with van der Waals surface area (Å²) in [5.74, 6) is 0.743. The van der Waals surface area contributed by atoms with Crippen molar-refractivity contribution in [2.45, 2.75) is 25.4 Å². The lowest BCUT2D eigenvalue weighted by atomic mass is 9.90. The first-order valence-electron chi connectivity index (χ1n) is 9.88. The molecule has 1 saturated heterocycles. The van der Waals surface area contributed by atoms with Gasteiger partial charge in [-0.15, -0.1) is 0 Å². The van der Waals surface area contributed by atoms with Crippen LogP contribution in [-0.4, -0.2) is 43.0 Å². The zero-order chi connectivity index (χ0) is 20.2. The number of nitrogens with zero attached hydrogens (tertiary/aromatic N) is 1. The van der Waals surface area contributed by atoms with E-state index in [4.69, 9.17) is 4.74 Å². The Balaban J connectivity index is 1.33. The maximum Gasteiger partial charge on any atom is 0.262 e. The molecule has 1 fully saturated rings. The van der Waals surface area contributed by atoms with E-state index in [1.54, 1.807) is 12.1 Å². The van der Waals surface area contributed by atoms with Crippen LogP contribution in [0.2, 0.25) is 0 Å². The molecular weight excluding hydrogens is 373 g/mol. The van der Waals surface area contributed by atoms with Gasteiger partial charge in [-0.2, -0.15) is 0 Å². The van der Waals surface area contributed by atoms with E-state index in [-0.39, 0.29) is 18.3 Å². The minimum absolute atomic E-state index is 0.00483. The summed E-state index contributed by atoms with van der Waals surface area (Å²) in [5.41, 5.74) is 2.55. The number of halogens is 1. The lowest BCUT2D eigenvalue weighted by Gasteiger charge is -2.36. The van der Waals surface area contributed by atoms with Crippen LogP contribution in [0.5, 0.6) is 5.75 Å². The van der Waals surface area contributed by atoms with Gasteiger partial charge in [0.1, 0.15) is 17.7 Å². The second kappa shape index (κ2) is 8.61. The van der Waals surface area contributed by atoms with Crippen molar-refractivity contribution in [1.29, 1.82) is 0 Å². The Kier molecular flexibility index (Phi) is 5.76. The van der Waals surface area contributed by atoms with E-state index in [0.29, 0.717) is 17.4 Å². The molecule has 2 N–H and O–H groups in total. The van der Waals surface area contributed by atoms with Crippen LogP contribution in [0, 0.1) is 11.7 Å². The van der Waals surface area contributed by atoms with Crippen molar-refractivity contribution < 1.29 is 18.7 Å². The molecule has 2 heterocycles. The standard InChI is InChI=1S/C22H24FN3O3/c23-17-3-1-15(2-4-17)11-16-7-9-26(10-8-16)21(13-27)24-18-5-6-19-20(12-18)29-14-22(28)25-19/h1-6,12-13,16,21,24H,7-11,14H2,(H,25,28). The predicted octanol–water partition coefficient (Wildman–Crippen LogP) is 3.05. The van der Waals surface area contributed by atoms with Gasteiger partial charge in [-0.1, -0.05) is 12.1 Å². The third-order valence-corrected chi connectivity index (χ3v) is 5.54. The third kappa shape index (κ3) is 4.74. The van der Waals surface area contributed by atoms with Gasteiger partial charge in [-0.25, -0.2) is 4.39 Å². The van der Waals surface area contributed by atoms with E-state index in [0.717, 1.165) is 49.9 Å². The zero-order valence-corrected chi connectivity index (χ0v) is 16.1. The maximum absolute atomic E-state index is 13.1. The normalized spacial score (nSPS) is 18.3. The highest BCUT2D eigenvalue weighted by Gasteiger charge is 2.25. The molecule has 0 aliphatic carbocycles. The summed E-state index contributed by atoms with van der Waals surface area (Å²) in [4.78, 5) is 25.2. The Bertz CT molecular complexity index is 879. The van der Waals surface area contributed by atoms with Gasteiger partial charge in [0, 0.05) is 24.8 Å². The molecule has 1 unspecified atom stereocenters. The summed E-state index contributed by atoms with van der Waals surface area (Å²) < 4.78 is 18.5. The monoisotopic (exact) mass is 397 g/mol. The molecule has 7 heteroatoms. The number of carbonyl (C=O) groups excluding carboxylic acids is 2. The van der Waals surface area contributed by atoms with Crippen molar-refractivity contribution in [1.82, 2.24) is 4.90 Å². The summed E-state index contributed by atoms with van der Waals surface area (Å²) in [7, 11) is 0. The molecule has 0 bridgehead atoms. The zero-order valence-electron chi connectivity index (χ0n) is 16.1.